The molecule has 3 heterocycles. The molecule has 1 aliphatic carbocycles. The molecule has 6 nitrogen and oxygen atoms in total. The molecule has 0 N–H and O–H groups in total. The van der Waals surface area contributed by atoms with Crippen molar-refractivity contribution in [3.8, 4) is 11.5 Å². The maximum atomic E-state index is 14.1. The van der Waals surface area contributed by atoms with E-state index in [0.717, 1.165) is 62.1 Å². The monoisotopic (exact) mass is 545 g/mol. The van der Waals surface area contributed by atoms with Crippen LogP contribution in [-0.2, 0) is 33.4 Å². The average molecular weight is 546 g/mol. The number of carbonyl (C=O) groups is 1. The van der Waals surface area contributed by atoms with E-state index in [1.54, 1.807) is 6.07 Å². The normalized spacial score (nSPS) is 23.9. The molecule has 0 bridgehead atoms. The van der Waals surface area contributed by atoms with Crippen LogP contribution in [0.2, 0.25) is 0 Å². The van der Waals surface area contributed by atoms with Gasteiger partial charge in [-0.25, -0.2) is 0 Å². The summed E-state index contributed by atoms with van der Waals surface area (Å²) in [5, 5.41) is 0. The van der Waals surface area contributed by atoms with Crippen LogP contribution in [0.1, 0.15) is 78.4 Å². The van der Waals surface area contributed by atoms with E-state index in [1.807, 2.05) is 18.2 Å². The molecule has 2 unspecified atom stereocenters. The van der Waals surface area contributed by atoms with E-state index in [-0.39, 0.29) is 36.6 Å². The molecule has 210 valence electrons. The summed E-state index contributed by atoms with van der Waals surface area (Å²) in [7, 11) is 1.37. The summed E-state index contributed by atoms with van der Waals surface area (Å²) >= 11 is 0. The highest BCUT2D eigenvalue weighted by Crippen LogP contribution is 2.45. The highest BCUT2D eigenvalue weighted by Gasteiger charge is 2.41. The van der Waals surface area contributed by atoms with Gasteiger partial charge in [0.1, 0.15) is 17.6 Å². The van der Waals surface area contributed by atoms with Crippen molar-refractivity contribution in [3.05, 3.63) is 58.1 Å². The van der Waals surface area contributed by atoms with Gasteiger partial charge in [-0.2, -0.15) is 13.2 Å². The molecule has 2 saturated heterocycles. The Morgan fingerprint density at radius 3 is 2.64 bits per heavy atom. The molecule has 2 aromatic carbocycles. The number of likely N-dealkylation sites (tertiary alicyclic amines) is 1. The van der Waals surface area contributed by atoms with Crippen LogP contribution in [0.3, 0.4) is 0 Å². The largest absolute Gasteiger partial charge is 0.492 e. The zero-order valence-electron chi connectivity index (χ0n) is 22.1. The Morgan fingerprint density at radius 1 is 1.13 bits per heavy atom. The van der Waals surface area contributed by atoms with E-state index >= 15 is 0 Å². The van der Waals surface area contributed by atoms with Crippen LogP contribution in [0.15, 0.2) is 30.3 Å². The van der Waals surface area contributed by atoms with E-state index in [4.69, 9.17) is 18.9 Å². The van der Waals surface area contributed by atoms with Gasteiger partial charge in [-0.3, -0.25) is 9.69 Å². The minimum atomic E-state index is -4.41. The maximum Gasteiger partial charge on any atom is 0.416 e. The number of rotatable bonds is 6. The summed E-state index contributed by atoms with van der Waals surface area (Å²) in [6.07, 6.45) is 0.521. The molecular formula is C30H34F3NO5. The first-order valence-electron chi connectivity index (χ1n) is 13.8. The molecule has 0 saturated carbocycles. The van der Waals surface area contributed by atoms with Gasteiger partial charge in [-0.1, -0.05) is 12.1 Å². The molecule has 0 aromatic heterocycles. The van der Waals surface area contributed by atoms with Crippen molar-refractivity contribution >= 4 is 5.97 Å². The van der Waals surface area contributed by atoms with Gasteiger partial charge < -0.3 is 18.9 Å². The van der Waals surface area contributed by atoms with Crippen LogP contribution < -0.4 is 9.47 Å². The minimum absolute atomic E-state index is 0.0676. The van der Waals surface area contributed by atoms with Crippen LogP contribution in [0, 0.1) is 0 Å². The number of ether oxygens (including phenoxy) is 4. The number of halogens is 3. The first-order chi connectivity index (χ1) is 18.7. The summed E-state index contributed by atoms with van der Waals surface area (Å²) in [6, 6.07) is 8.37. The molecule has 2 fully saturated rings. The predicted octanol–water partition coefficient (Wildman–Crippen LogP) is 5.96. The van der Waals surface area contributed by atoms with Crippen LogP contribution in [-0.4, -0.2) is 49.9 Å². The molecule has 6 rings (SSSR count). The summed E-state index contributed by atoms with van der Waals surface area (Å²) in [4.78, 5) is 13.9. The van der Waals surface area contributed by atoms with Crippen LogP contribution in [0.5, 0.6) is 11.5 Å². The summed E-state index contributed by atoms with van der Waals surface area (Å²) in [5.41, 5.74) is 2.31. The molecule has 9 heteroatoms. The van der Waals surface area contributed by atoms with Gasteiger partial charge in [0.25, 0.3) is 0 Å². The van der Waals surface area contributed by atoms with Gasteiger partial charge in [-0.15, -0.1) is 0 Å². The quantitative estimate of drug-likeness (QED) is 0.418. The van der Waals surface area contributed by atoms with E-state index in [9.17, 15) is 18.0 Å². The predicted molar refractivity (Wildman–Crippen MR) is 137 cm³/mol. The van der Waals surface area contributed by atoms with Gasteiger partial charge in [0.2, 0.25) is 0 Å². The zero-order valence-corrected chi connectivity index (χ0v) is 22.1. The standard InChI is InChI=1S/C30H34F3NO5/c1-36-28(35)15-19-18-37-27-16-20(3-4-21(19)27)39-26-8-6-22-23(26)5-7-25(30(31,32)33)24(22)17-34-12-10-29(11-13-34)9-2-14-38-29/h3-5,7,16,19,26H,2,6,8-15,17-18H2,1H3. The van der Waals surface area contributed by atoms with Crippen molar-refractivity contribution in [2.75, 3.05) is 33.4 Å². The number of fused-ring (bicyclic) bond motifs is 2. The average Bonchev–Trinajstić information content (AvgIpc) is 3.65. The third-order valence-corrected chi connectivity index (χ3v) is 8.89. The summed E-state index contributed by atoms with van der Waals surface area (Å²) in [6.45, 7) is 2.96. The number of hydrogen-bond acceptors (Lipinski definition) is 6. The van der Waals surface area contributed by atoms with Crippen LogP contribution in [0.25, 0.3) is 0 Å². The maximum absolute atomic E-state index is 14.1. The lowest BCUT2D eigenvalue weighted by Gasteiger charge is -2.39. The molecule has 1 spiro atoms. The highest BCUT2D eigenvalue weighted by atomic mass is 19.4. The van der Waals surface area contributed by atoms with Gasteiger partial charge in [0.15, 0.2) is 0 Å². The lowest BCUT2D eigenvalue weighted by atomic mass is 9.88. The van der Waals surface area contributed by atoms with Crippen molar-refractivity contribution in [2.45, 2.75) is 75.3 Å². The highest BCUT2D eigenvalue weighted by molar-refractivity contribution is 5.71. The number of carbonyl (C=O) groups excluding carboxylic acids is 1. The van der Waals surface area contributed by atoms with E-state index in [2.05, 4.69) is 4.90 Å². The van der Waals surface area contributed by atoms with Gasteiger partial charge >= 0.3 is 12.1 Å². The van der Waals surface area contributed by atoms with E-state index in [0.29, 0.717) is 36.5 Å². The Balaban J connectivity index is 1.20. The van der Waals surface area contributed by atoms with E-state index < -0.39 is 11.7 Å². The smallest absolute Gasteiger partial charge is 0.416 e. The summed E-state index contributed by atoms with van der Waals surface area (Å²) in [5.74, 6) is 0.915. The fraction of sp³-hybridized carbons (Fsp3) is 0.567. The number of piperidine rings is 1. The Morgan fingerprint density at radius 2 is 1.92 bits per heavy atom. The van der Waals surface area contributed by atoms with Crippen LogP contribution >= 0.6 is 0 Å². The topological polar surface area (TPSA) is 57.2 Å². The second kappa shape index (κ2) is 10.3. The number of hydrogen-bond donors (Lipinski definition) is 0. The summed E-state index contributed by atoms with van der Waals surface area (Å²) < 4.78 is 65.2. The molecule has 2 aromatic rings. The van der Waals surface area contributed by atoms with Crippen molar-refractivity contribution in [1.82, 2.24) is 4.90 Å². The molecule has 0 amide bonds. The van der Waals surface area contributed by atoms with Crippen molar-refractivity contribution in [3.63, 3.8) is 0 Å². The Hall–Kier alpha value is -2.78. The Labute approximate surface area is 226 Å². The zero-order chi connectivity index (χ0) is 27.2. The Bertz CT molecular complexity index is 1230. The third kappa shape index (κ3) is 5.23. The van der Waals surface area contributed by atoms with Gasteiger partial charge in [0, 0.05) is 43.8 Å². The first kappa shape index (κ1) is 26.4. The lowest BCUT2D eigenvalue weighted by molar-refractivity contribution is -0.141. The third-order valence-electron chi connectivity index (χ3n) is 8.89. The molecule has 3 aliphatic heterocycles. The minimum Gasteiger partial charge on any atom is -0.492 e. The SMILES string of the molecule is COC(=O)CC1COc2cc(OC3CCc4c3ccc(C(F)(F)F)c4CN3CCC4(CCCO4)CC3)ccc21. The van der Waals surface area contributed by atoms with Crippen molar-refractivity contribution in [1.29, 1.82) is 0 Å². The Kier molecular flexibility index (Phi) is 7.00. The van der Waals surface area contributed by atoms with E-state index in [1.165, 1.54) is 13.2 Å². The first-order valence-corrected chi connectivity index (χ1v) is 13.8. The van der Waals surface area contributed by atoms with Crippen molar-refractivity contribution < 1.29 is 36.9 Å². The molecule has 4 aliphatic rings. The van der Waals surface area contributed by atoms with Crippen molar-refractivity contribution in [2.24, 2.45) is 0 Å². The van der Waals surface area contributed by atoms with Gasteiger partial charge in [0.05, 0.1) is 31.3 Å². The second-order valence-electron chi connectivity index (χ2n) is 11.2. The number of alkyl halides is 3. The number of nitrogens with zero attached hydrogens (tertiary/aromatic N) is 1. The van der Waals surface area contributed by atoms with Gasteiger partial charge in [-0.05, 0) is 67.3 Å². The molecule has 39 heavy (non-hydrogen) atoms. The molecular weight excluding hydrogens is 511 g/mol. The fourth-order valence-electron chi connectivity index (χ4n) is 6.75. The van der Waals surface area contributed by atoms with Crippen LogP contribution in [0.4, 0.5) is 13.2 Å². The lowest BCUT2D eigenvalue weighted by Crippen LogP contribution is -2.43. The number of esters is 1. The number of benzene rings is 2. The fourth-order valence-corrected chi connectivity index (χ4v) is 6.75. The molecule has 2 atom stereocenters. The second-order valence-corrected chi connectivity index (χ2v) is 11.2. The number of methoxy groups -OCH3 is 1. The molecule has 0 radical (unpaired) electrons.